The van der Waals surface area contributed by atoms with E-state index in [1.165, 1.54) is 11.3 Å². The van der Waals surface area contributed by atoms with Crippen LogP contribution in [0.3, 0.4) is 0 Å². The van der Waals surface area contributed by atoms with Gasteiger partial charge in [-0.15, -0.1) is 0 Å². The molecule has 1 aromatic heterocycles. The van der Waals surface area contributed by atoms with Crippen molar-refractivity contribution in [1.29, 1.82) is 0 Å². The average molecular weight is 490 g/mol. The van der Waals surface area contributed by atoms with Crippen molar-refractivity contribution in [1.82, 2.24) is 25.3 Å². The number of piperidine rings is 1. The van der Waals surface area contributed by atoms with Crippen molar-refractivity contribution in [3.05, 3.63) is 77.6 Å². The maximum absolute atomic E-state index is 12.5. The molecule has 0 saturated carbocycles. The van der Waals surface area contributed by atoms with Gasteiger partial charge in [-0.3, -0.25) is 9.89 Å². The van der Waals surface area contributed by atoms with Crippen molar-refractivity contribution in [2.45, 2.75) is 31.8 Å². The van der Waals surface area contributed by atoms with Crippen LogP contribution in [0, 0.1) is 0 Å². The van der Waals surface area contributed by atoms with Crippen LogP contribution in [0.25, 0.3) is 11.1 Å². The highest BCUT2D eigenvalue weighted by atomic mass is 16.5. The second-order valence-electron chi connectivity index (χ2n) is 9.87. The van der Waals surface area contributed by atoms with E-state index < -0.39 is 0 Å². The summed E-state index contributed by atoms with van der Waals surface area (Å²) in [5.74, 6) is 0.384. The molecule has 192 valence electrons. The molecule has 7 heteroatoms. The summed E-state index contributed by atoms with van der Waals surface area (Å²) in [5.41, 5.74) is 5.30. The van der Waals surface area contributed by atoms with Crippen molar-refractivity contribution in [3.63, 3.8) is 0 Å². The number of carbonyl (C=O) groups excluding carboxylic acids is 1. The lowest BCUT2D eigenvalue weighted by Crippen LogP contribution is -2.36. The van der Waals surface area contributed by atoms with Gasteiger partial charge in [0.15, 0.2) is 0 Å². The van der Waals surface area contributed by atoms with Gasteiger partial charge in [-0.1, -0.05) is 42.5 Å². The van der Waals surface area contributed by atoms with Crippen molar-refractivity contribution < 1.29 is 9.53 Å². The standard InChI is InChI=1S/C29H39N5O2/c1-33(2)16-7-15-30-29(35)25-13-11-24(12-14-25)27-20-31-32-28(27)26-10-6-17-34(21-26)18-19-36-22-23-8-4-3-5-9-23/h3-5,8-9,11-14,20,26H,6-7,10,15-19,21-22H2,1-2H3,(H,30,35)(H,31,32)/t26-/m0/s1. The van der Waals surface area contributed by atoms with Gasteiger partial charge in [0.25, 0.3) is 5.91 Å². The molecule has 3 aromatic rings. The first-order valence-corrected chi connectivity index (χ1v) is 13.0. The molecule has 1 fully saturated rings. The Morgan fingerprint density at radius 1 is 1.17 bits per heavy atom. The van der Waals surface area contributed by atoms with E-state index in [2.05, 4.69) is 37.4 Å². The molecule has 2 aromatic carbocycles. The molecule has 1 atom stereocenters. The Morgan fingerprint density at radius 3 is 2.75 bits per heavy atom. The lowest BCUT2D eigenvalue weighted by atomic mass is 9.90. The summed E-state index contributed by atoms with van der Waals surface area (Å²) in [6, 6.07) is 18.2. The summed E-state index contributed by atoms with van der Waals surface area (Å²) in [4.78, 5) is 17.1. The fraction of sp³-hybridized carbons (Fsp3) is 0.448. The lowest BCUT2D eigenvalue weighted by Gasteiger charge is -2.32. The molecule has 1 aliphatic heterocycles. The molecule has 36 heavy (non-hydrogen) atoms. The van der Waals surface area contributed by atoms with Crippen LogP contribution in [0.1, 0.15) is 46.8 Å². The van der Waals surface area contributed by atoms with Crippen LogP contribution in [-0.2, 0) is 11.3 Å². The van der Waals surface area contributed by atoms with Crippen LogP contribution in [0.5, 0.6) is 0 Å². The highest BCUT2D eigenvalue weighted by molar-refractivity contribution is 5.94. The molecule has 2 N–H and O–H groups in total. The predicted octanol–water partition coefficient (Wildman–Crippen LogP) is 4.15. The molecule has 4 rings (SSSR count). The first-order chi connectivity index (χ1) is 17.6. The number of benzene rings is 2. The number of nitrogens with zero attached hydrogens (tertiary/aromatic N) is 3. The molecular formula is C29H39N5O2. The zero-order valence-corrected chi connectivity index (χ0v) is 21.6. The second-order valence-corrected chi connectivity index (χ2v) is 9.87. The number of amides is 1. The van der Waals surface area contributed by atoms with Gasteiger partial charge in [-0.05, 0) is 69.7 Å². The number of likely N-dealkylation sites (tertiary alicyclic amines) is 1. The van der Waals surface area contributed by atoms with Gasteiger partial charge in [-0.25, -0.2) is 0 Å². The Balaban J connectivity index is 1.29. The first-order valence-electron chi connectivity index (χ1n) is 13.0. The van der Waals surface area contributed by atoms with Crippen LogP contribution in [0.15, 0.2) is 60.8 Å². The third-order valence-corrected chi connectivity index (χ3v) is 6.77. The largest absolute Gasteiger partial charge is 0.375 e. The van der Waals surface area contributed by atoms with E-state index in [0.29, 0.717) is 24.6 Å². The molecule has 0 spiro atoms. The smallest absolute Gasteiger partial charge is 0.251 e. The molecule has 0 aliphatic carbocycles. The van der Waals surface area contributed by atoms with Crippen LogP contribution in [0.2, 0.25) is 0 Å². The first kappa shape index (κ1) is 26.1. The van der Waals surface area contributed by atoms with Gasteiger partial charge in [0, 0.05) is 42.4 Å². The van der Waals surface area contributed by atoms with Crippen molar-refractivity contribution in [2.75, 3.05) is 53.4 Å². The van der Waals surface area contributed by atoms with E-state index >= 15 is 0 Å². The SMILES string of the molecule is CN(C)CCCNC(=O)c1ccc(-c2cn[nH]c2[C@H]2CCCN(CCOCc3ccccc3)C2)cc1. The van der Waals surface area contributed by atoms with Crippen LogP contribution >= 0.6 is 0 Å². The summed E-state index contributed by atoms with van der Waals surface area (Å²) < 4.78 is 5.92. The zero-order chi connectivity index (χ0) is 25.2. The zero-order valence-electron chi connectivity index (χ0n) is 21.6. The van der Waals surface area contributed by atoms with Crippen LogP contribution in [-0.4, -0.2) is 79.3 Å². The number of aromatic amines is 1. The Hall–Kier alpha value is -3.00. The Bertz CT molecular complexity index is 1060. The lowest BCUT2D eigenvalue weighted by molar-refractivity contribution is 0.0827. The Kier molecular flexibility index (Phi) is 9.67. The molecule has 0 bridgehead atoms. The number of H-pyrrole nitrogens is 1. The topological polar surface area (TPSA) is 73.5 Å². The number of hydrogen-bond donors (Lipinski definition) is 2. The minimum atomic E-state index is -0.0230. The molecule has 1 amide bonds. The van der Waals surface area contributed by atoms with Gasteiger partial charge in [0.1, 0.15) is 0 Å². The van der Waals surface area contributed by atoms with E-state index in [1.807, 2.05) is 62.8 Å². The fourth-order valence-electron chi connectivity index (χ4n) is 4.79. The van der Waals surface area contributed by atoms with E-state index in [1.54, 1.807) is 0 Å². The quantitative estimate of drug-likeness (QED) is 0.374. The monoisotopic (exact) mass is 489 g/mol. The summed E-state index contributed by atoms with van der Waals surface area (Å²) in [5, 5.41) is 10.7. The number of hydrogen-bond acceptors (Lipinski definition) is 5. The summed E-state index contributed by atoms with van der Waals surface area (Å²) >= 11 is 0. The van der Waals surface area contributed by atoms with Gasteiger partial charge < -0.3 is 19.9 Å². The molecule has 1 saturated heterocycles. The van der Waals surface area contributed by atoms with Gasteiger partial charge >= 0.3 is 0 Å². The summed E-state index contributed by atoms with van der Waals surface area (Å²) in [6.45, 7) is 6.07. The van der Waals surface area contributed by atoms with Crippen molar-refractivity contribution in [3.8, 4) is 11.1 Å². The van der Waals surface area contributed by atoms with Gasteiger partial charge in [0.2, 0.25) is 0 Å². The maximum atomic E-state index is 12.5. The molecule has 0 unspecified atom stereocenters. The minimum absolute atomic E-state index is 0.0230. The van der Waals surface area contributed by atoms with Crippen LogP contribution in [0.4, 0.5) is 0 Å². The Morgan fingerprint density at radius 2 is 1.97 bits per heavy atom. The predicted molar refractivity (Wildman–Crippen MR) is 144 cm³/mol. The van der Waals surface area contributed by atoms with Crippen LogP contribution < -0.4 is 5.32 Å². The highest BCUT2D eigenvalue weighted by Crippen LogP contribution is 2.33. The summed E-state index contributed by atoms with van der Waals surface area (Å²) in [6.07, 6.45) is 5.15. The normalized spacial score (nSPS) is 16.4. The van der Waals surface area contributed by atoms with E-state index in [-0.39, 0.29) is 5.91 Å². The average Bonchev–Trinajstić information content (AvgIpc) is 3.40. The summed E-state index contributed by atoms with van der Waals surface area (Å²) in [7, 11) is 4.08. The third-order valence-electron chi connectivity index (χ3n) is 6.77. The Labute approximate surface area is 214 Å². The number of aromatic nitrogens is 2. The van der Waals surface area contributed by atoms with Gasteiger partial charge in [-0.2, -0.15) is 5.10 Å². The minimum Gasteiger partial charge on any atom is -0.375 e. The molecule has 1 aliphatic rings. The van der Waals surface area contributed by atoms with Crippen molar-refractivity contribution in [2.24, 2.45) is 0 Å². The molecule has 0 radical (unpaired) electrons. The second kappa shape index (κ2) is 13.3. The highest BCUT2D eigenvalue weighted by Gasteiger charge is 2.25. The van der Waals surface area contributed by atoms with E-state index in [9.17, 15) is 4.79 Å². The third kappa shape index (κ3) is 7.50. The van der Waals surface area contributed by atoms with E-state index in [0.717, 1.165) is 63.2 Å². The molecule has 2 heterocycles. The molecule has 7 nitrogen and oxygen atoms in total. The maximum Gasteiger partial charge on any atom is 0.251 e. The van der Waals surface area contributed by atoms with Gasteiger partial charge in [0.05, 0.1) is 19.4 Å². The van der Waals surface area contributed by atoms with Crippen molar-refractivity contribution >= 4 is 5.91 Å². The number of ether oxygens (including phenoxy) is 1. The number of rotatable bonds is 12. The number of nitrogens with one attached hydrogen (secondary N) is 2. The van der Waals surface area contributed by atoms with E-state index in [4.69, 9.17) is 4.74 Å². The molecular weight excluding hydrogens is 450 g/mol. The fourth-order valence-corrected chi connectivity index (χ4v) is 4.79. The number of carbonyl (C=O) groups is 1.